The van der Waals surface area contributed by atoms with E-state index in [0.717, 1.165) is 27.7 Å². The number of carbonyl (C=O) groups excluding carboxylic acids is 1. The largest absolute Gasteiger partial charge is 0.468 e. The zero-order valence-corrected chi connectivity index (χ0v) is 18.3. The Kier molecular flexibility index (Phi) is 6.61. The van der Waals surface area contributed by atoms with E-state index < -0.39 is 0 Å². The third-order valence-corrected chi connectivity index (χ3v) is 5.74. The van der Waals surface area contributed by atoms with Gasteiger partial charge in [0.2, 0.25) is 0 Å². The highest BCUT2D eigenvalue weighted by Crippen LogP contribution is 2.28. The Labute approximate surface area is 187 Å². The Morgan fingerprint density at radius 2 is 1.81 bits per heavy atom. The van der Waals surface area contributed by atoms with Crippen LogP contribution in [0.3, 0.4) is 0 Å². The first-order valence-electron chi connectivity index (χ1n) is 10.5. The molecule has 0 amide bonds. The van der Waals surface area contributed by atoms with Crippen molar-refractivity contribution in [1.29, 1.82) is 0 Å². The maximum atomic E-state index is 14.5. The van der Waals surface area contributed by atoms with Gasteiger partial charge in [-0.15, -0.1) is 0 Å². The standard InChI is InChI=1S/C26H26FN3O2/c1-19-23(22-10-4-6-12-25(22)30(19)18-26(31)32-2)17-29(15-20-8-7-13-28-14-20)16-21-9-3-5-11-24(21)27/h3-14H,15-18H2,1-2H3. The number of ether oxygens (including phenoxy) is 1. The van der Waals surface area contributed by atoms with Crippen molar-refractivity contribution in [2.24, 2.45) is 0 Å². The van der Waals surface area contributed by atoms with Gasteiger partial charge in [-0.25, -0.2) is 4.39 Å². The fourth-order valence-corrected chi connectivity index (χ4v) is 4.11. The van der Waals surface area contributed by atoms with E-state index in [4.69, 9.17) is 4.74 Å². The van der Waals surface area contributed by atoms with E-state index in [1.165, 1.54) is 13.2 Å². The number of fused-ring (bicyclic) bond motifs is 1. The van der Waals surface area contributed by atoms with Gasteiger partial charge in [0.05, 0.1) is 7.11 Å². The molecule has 32 heavy (non-hydrogen) atoms. The third-order valence-electron chi connectivity index (χ3n) is 5.74. The van der Waals surface area contributed by atoms with E-state index >= 15 is 0 Å². The van der Waals surface area contributed by atoms with Crippen molar-refractivity contribution in [2.75, 3.05) is 7.11 Å². The monoisotopic (exact) mass is 431 g/mol. The molecule has 6 heteroatoms. The molecule has 0 atom stereocenters. The molecule has 0 radical (unpaired) electrons. The molecule has 164 valence electrons. The predicted octanol–water partition coefficient (Wildman–Crippen LogP) is 4.86. The highest BCUT2D eigenvalue weighted by molar-refractivity contribution is 5.87. The molecule has 2 aromatic heterocycles. The summed E-state index contributed by atoms with van der Waals surface area (Å²) in [7, 11) is 1.40. The number of halogens is 1. The van der Waals surface area contributed by atoms with Crippen molar-refractivity contribution < 1.29 is 13.9 Å². The molecule has 0 bridgehead atoms. The average molecular weight is 432 g/mol. The topological polar surface area (TPSA) is 47.4 Å². The lowest BCUT2D eigenvalue weighted by molar-refractivity contribution is -0.141. The predicted molar refractivity (Wildman–Crippen MR) is 122 cm³/mol. The normalized spacial score (nSPS) is 11.2. The number of nitrogens with zero attached hydrogens (tertiary/aromatic N) is 3. The molecule has 4 aromatic rings. The van der Waals surface area contributed by atoms with Crippen LogP contribution in [0.1, 0.15) is 22.4 Å². The smallest absolute Gasteiger partial charge is 0.325 e. The van der Waals surface area contributed by atoms with E-state index in [1.54, 1.807) is 12.3 Å². The number of methoxy groups -OCH3 is 1. The van der Waals surface area contributed by atoms with Crippen molar-refractivity contribution in [3.05, 3.63) is 101 Å². The summed E-state index contributed by atoms with van der Waals surface area (Å²) >= 11 is 0. The summed E-state index contributed by atoms with van der Waals surface area (Å²) in [4.78, 5) is 18.5. The van der Waals surface area contributed by atoms with Crippen LogP contribution in [0.2, 0.25) is 0 Å². The Bertz CT molecular complexity index is 1220. The van der Waals surface area contributed by atoms with Crippen LogP contribution in [0.4, 0.5) is 4.39 Å². The first kappa shape index (κ1) is 21.7. The molecule has 0 spiro atoms. The summed E-state index contributed by atoms with van der Waals surface area (Å²) in [5.41, 5.74) is 4.80. The van der Waals surface area contributed by atoms with Gasteiger partial charge in [0.15, 0.2) is 0 Å². The maximum Gasteiger partial charge on any atom is 0.325 e. The van der Waals surface area contributed by atoms with Crippen LogP contribution in [-0.2, 0) is 35.7 Å². The van der Waals surface area contributed by atoms with Crippen LogP contribution in [0.15, 0.2) is 73.1 Å². The molecule has 0 unspecified atom stereocenters. The average Bonchev–Trinajstić information content (AvgIpc) is 3.07. The molecule has 0 aliphatic carbocycles. The second kappa shape index (κ2) is 9.75. The number of esters is 1. The zero-order chi connectivity index (χ0) is 22.5. The molecule has 0 fully saturated rings. The number of aromatic nitrogens is 2. The second-order valence-corrected chi connectivity index (χ2v) is 7.84. The minimum absolute atomic E-state index is 0.152. The van der Waals surface area contributed by atoms with E-state index in [0.29, 0.717) is 25.2 Å². The van der Waals surface area contributed by atoms with Gasteiger partial charge in [-0.2, -0.15) is 0 Å². The molecule has 0 aliphatic rings. The van der Waals surface area contributed by atoms with Crippen molar-refractivity contribution in [2.45, 2.75) is 33.1 Å². The van der Waals surface area contributed by atoms with E-state index in [-0.39, 0.29) is 18.3 Å². The van der Waals surface area contributed by atoms with Crippen LogP contribution in [-0.4, -0.2) is 27.5 Å². The lowest BCUT2D eigenvalue weighted by Crippen LogP contribution is -2.23. The second-order valence-electron chi connectivity index (χ2n) is 7.84. The van der Waals surface area contributed by atoms with Gasteiger partial charge in [0.25, 0.3) is 0 Å². The molecule has 2 heterocycles. The van der Waals surface area contributed by atoms with Gasteiger partial charge < -0.3 is 9.30 Å². The van der Waals surface area contributed by atoms with Gasteiger partial charge >= 0.3 is 5.97 Å². The van der Waals surface area contributed by atoms with E-state index in [9.17, 15) is 9.18 Å². The summed E-state index contributed by atoms with van der Waals surface area (Å²) in [6, 6.07) is 18.8. The van der Waals surface area contributed by atoms with Crippen LogP contribution in [0, 0.1) is 12.7 Å². The van der Waals surface area contributed by atoms with E-state index in [2.05, 4.69) is 16.0 Å². The molecule has 2 aromatic carbocycles. The SMILES string of the molecule is COC(=O)Cn1c(C)c(CN(Cc2cccnc2)Cc2ccccc2F)c2ccccc21. The van der Waals surface area contributed by atoms with Crippen molar-refractivity contribution in [3.8, 4) is 0 Å². The fourth-order valence-electron chi connectivity index (χ4n) is 4.11. The molecule has 0 aliphatic heterocycles. The van der Waals surface area contributed by atoms with Gasteiger partial charge in [-0.05, 0) is 36.2 Å². The zero-order valence-electron chi connectivity index (χ0n) is 18.3. The molecule has 0 saturated carbocycles. The summed E-state index contributed by atoms with van der Waals surface area (Å²) in [6.07, 6.45) is 3.58. The lowest BCUT2D eigenvalue weighted by atomic mass is 10.1. The Balaban J connectivity index is 1.72. The maximum absolute atomic E-state index is 14.5. The number of carbonyl (C=O) groups is 1. The molecule has 0 N–H and O–H groups in total. The first-order valence-corrected chi connectivity index (χ1v) is 10.5. The van der Waals surface area contributed by atoms with Crippen LogP contribution < -0.4 is 0 Å². The Morgan fingerprint density at radius 1 is 1.03 bits per heavy atom. The molecule has 0 saturated heterocycles. The third kappa shape index (κ3) is 4.70. The summed E-state index contributed by atoms with van der Waals surface area (Å²) in [5.74, 6) is -0.507. The number of rotatable bonds is 8. The highest BCUT2D eigenvalue weighted by atomic mass is 19.1. The van der Waals surface area contributed by atoms with Crippen LogP contribution in [0.25, 0.3) is 10.9 Å². The van der Waals surface area contributed by atoms with Gasteiger partial charge in [0, 0.05) is 54.2 Å². The Morgan fingerprint density at radius 3 is 2.56 bits per heavy atom. The van der Waals surface area contributed by atoms with Crippen molar-refractivity contribution in [3.63, 3.8) is 0 Å². The molecule has 5 nitrogen and oxygen atoms in total. The highest BCUT2D eigenvalue weighted by Gasteiger charge is 2.19. The van der Waals surface area contributed by atoms with Crippen molar-refractivity contribution in [1.82, 2.24) is 14.5 Å². The van der Waals surface area contributed by atoms with E-state index in [1.807, 2.05) is 60.2 Å². The summed E-state index contributed by atoms with van der Waals surface area (Å²) in [6.45, 7) is 3.85. The van der Waals surface area contributed by atoms with Gasteiger partial charge in [-0.3, -0.25) is 14.7 Å². The summed E-state index contributed by atoms with van der Waals surface area (Å²) < 4.78 is 21.3. The van der Waals surface area contributed by atoms with Gasteiger partial charge in [0.1, 0.15) is 12.4 Å². The summed E-state index contributed by atoms with van der Waals surface area (Å²) in [5, 5.41) is 1.08. The quantitative estimate of drug-likeness (QED) is 0.374. The number of para-hydroxylation sites is 1. The first-order chi connectivity index (χ1) is 15.6. The fraction of sp³-hybridized carbons (Fsp3) is 0.231. The molecular weight excluding hydrogens is 405 g/mol. The minimum atomic E-state index is -0.293. The number of hydrogen-bond acceptors (Lipinski definition) is 4. The molecular formula is C26H26FN3O2. The Hall–Kier alpha value is -3.51. The number of pyridine rings is 1. The van der Waals surface area contributed by atoms with Crippen LogP contribution >= 0.6 is 0 Å². The van der Waals surface area contributed by atoms with Gasteiger partial charge in [-0.1, -0.05) is 42.5 Å². The minimum Gasteiger partial charge on any atom is -0.468 e. The number of hydrogen-bond donors (Lipinski definition) is 0. The number of benzene rings is 2. The molecule has 4 rings (SSSR count). The van der Waals surface area contributed by atoms with Crippen LogP contribution in [0.5, 0.6) is 0 Å². The lowest BCUT2D eigenvalue weighted by Gasteiger charge is -2.23. The van der Waals surface area contributed by atoms with Crippen molar-refractivity contribution >= 4 is 16.9 Å².